The average molecular weight is 352 g/mol. The molecule has 3 N–H and O–H groups in total. The first-order valence-electron chi connectivity index (χ1n) is 6.78. The van der Waals surface area contributed by atoms with Crippen molar-refractivity contribution in [2.24, 2.45) is 0 Å². The lowest BCUT2D eigenvalue weighted by Gasteiger charge is -2.11. The summed E-state index contributed by atoms with van der Waals surface area (Å²) in [5.74, 6) is 0. The number of aromatic nitrogens is 2. The fraction of sp³-hybridized carbons (Fsp3) is 0.133. The van der Waals surface area contributed by atoms with Crippen LogP contribution in [0, 0.1) is 13.8 Å². The Hall–Kier alpha value is -2.25. The third-order valence-corrected chi connectivity index (χ3v) is 5.46. The second-order valence-electron chi connectivity index (χ2n) is 5.31. The number of sulfonamides is 1. The number of hydrogen-bond donors (Lipinski definition) is 3. The largest absolute Gasteiger partial charge is 0.323 e. The molecule has 0 atom stereocenters. The molecule has 0 saturated heterocycles. The minimum Gasteiger partial charge on any atom is -0.306 e. The van der Waals surface area contributed by atoms with Crippen molar-refractivity contribution in [1.82, 2.24) is 9.97 Å². The van der Waals surface area contributed by atoms with Crippen molar-refractivity contribution in [2.75, 3.05) is 4.72 Å². The molecule has 1 aromatic heterocycles. The van der Waals surface area contributed by atoms with Gasteiger partial charge in [-0.15, -0.1) is 0 Å². The van der Waals surface area contributed by atoms with Crippen LogP contribution in [0.5, 0.6) is 0 Å². The SMILES string of the molecule is Cc1ccc(NS(=O)(=O)c2cc3[nH]c(=O)[nH]c3cc2Cl)cc1C. The number of aromatic amines is 2. The van der Waals surface area contributed by atoms with Crippen LogP contribution < -0.4 is 10.4 Å². The van der Waals surface area contributed by atoms with Gasteiger partial charge in [0.15, 0.2) is 0 Å². The zero-order valence-electron chi connectivity index (χ0n) is 12.4. The zero-order valence-corrected chi connectivity index (χ0v) is 14.0. The highest BCUT2D eigenvalue weighted by molar-refractivity contribution is 7.92. The Balaban J connectivity index is 2.06. The smallest absolute Gasteiger partial charge is 0.306 e. The molecule has 1 heterocycles. The van der Waals surface area contributed by atoms with Crippen LogP contribution in [0.1, 0.15) is 11.1 Å². The highest BCUT2D eigenvalue weighted by Gasteiger charge is 2.20. The molecular formula is C15H14ClN3O3S. The standard InChI is InChI=1S/C15H14ClN3O3S/c1-8-3-4-10(5-9(8)2)19-23(21,22)14-7-13-12(6-11(14)16)17-15(20)18-13/h3-7,19H,1-2H3,(H2,17,18,20). The number of hydrogen-bond acceptors (Lipinski definition) is 3. The molecule has 2 aromatic carbocycles. The lowest BCUT2D eigenvalue weighted by Crippen LogP contribution is -2.13. The van der Waals surface area contributed by atoms with Crippen LogP contribution in [0.2, 0.25) is 5.02 Å². The van der Waals surface area contributed by atoms with E-state index < -0.39 is 15.7 Å². The summed E-state index contributed by atoms with van der Waals surface area (Å²) in [6.45, 7) is 3.84. The number of benzene rings is 2. The topological polar surface area (TPSA) is 94.8 Å². The van der Waals surface area contributed by atoms with Gasteiger partial charge in [-0.2, -0.15) is 0 Å². The van der Waals surface area contributed by atoms with Crippen LogP contribution >= 0.6 is 11.6 Å². The van der Waals surface area contributed by atoms with Gasteiger partial charge >= 0.3 is 5.69 Å². The third kappa shape index (κ3) is 2.97. The van der Waals surface area contributed by atoms with E-state index in [2.05, 4.69) is 14.7 Å². The molecular weight excluding hydrogens is 338 g/mol. The number of fused-ring (bicyclic) bond motifs is 1. The van der Waals surface area contributed by atoms with Crippen molar-refractivity contribution in [3.05, 3.63) is 57.0 Å². The van der Waals surface area contributed by atoms with Crippen LogP contribution in [0.3, 0.4) is 0 Å². The third-order valence-electron chi connectivity index (χ3n) is 3.62. The summed E-state index contributed by atoms with van der Waals surface area (Å²) in [4.78, 5) is 16.3. The second-order valence-corrected chi connectivity index (χ2v) is 7.37. The van der Waals surface area contributed by atoms with Gasteiger partial charge in [0.05, 0.1) is 16.1 Å². The first-order chi connectivity index (χ1) is 10.8. The van der Waals surface area contributed by atoms with Crippen LogP contribution in [0.25, 0.3) is 11.0 Å². The highest BCUT2D eigenvalue weighted by Crippen LogP contribution is 2.27. The van der Waals surface area contributed by atoms with Gasteiger partial charge in [-0.25, -0.2) is 13.2 Å². The molecule has 0 fully saturated rings. The molecule has 0 saturated carbocycles. The van der Waals surface area contributed by atoms with E-state index in [0.29, 0.717) is 16.7 Å². The van der Waals surface area contributed by atoms with Gasteiger partial charge in [-0.3, -0.25) is 4.72 Å². The minimum atomic E-state index is -3.87. The lowest BCUT2D eigenvalue weighted by molar-refractivity contribution is 0.601. The van der Waals surface area contributed by atoms with Crippen molar-refractivity contribution >= 4 is 38.3 Å². The minimum absolute atomic E-state index is 0.0316. The first-order valence-corrected chi connectivity index (χ1v) is 8.64. The molecule has 120 valence electrons. The van der Waals surface area contributed by atoms with Gasteiger partial charge in [-0.05, 0) is 49.2 Å². The molecule has 0 aliphatic heterocycles. The maximum Gasteiger partial charge on any atom is 0.323 e. The number of anilines is 1. The Labute approximate surface area is 137 Å². The van der Waals surface area contributed by atoms with Gasteiger partial charge in [0.1, 0.15) is 4.90 Å². The number of rotatable bonds is 3. The van der Waals surface area contributed by atoms with E-state index in [9.17, 15) is 13.2 Å². The van der Waals surface area contributed by atoms with E-state index in [4.69, 9.17) is 11.6 Å². The Bertz CT molecular complexity index is 1070. The van der Waals surface area contributed by atoms with E-state index in [1.54, 1.807) is 12.1 Å². The molecule has 0 aliphatic carbocycles. The van der Waals surface area contributed by atoms with Crippen LogP contribution in [-0.4, -0.2) is 18.4 Å². The van der Waals surface area contributed by atoms with E-state index in [1.165, 1.54) is 12.1 Å². The first kappa shape index (κ1) is 15.6. The fourth-order valence-electron chi connectivity index (χ4n) is 2.26. The number of nitrogens with one attached hydrogen (secondary N) is 3. The van der Waals surface area contributed by atoms with E-state index >= 15 is 0 Å². The molecule has 0 unspecified atom stereocenters. The lowest BCUT2D eigenvalue weighted by atomic mass is 10.1. The van der Waals surface area contributed by atoms with Gasteiger partial charge < -0.3 is 9.97 Å². The Morgan fingerprint density at radius 1 is 1.00 bits per heavy atom. The summed E-state index contributed by atoms with van der Waals surface area (Å²) < 4.78 is 27.6. The molecule has 0 bridgehead atoms. The summed E-state index contributed by atoms with van der Waals surface area (Å²) in [7, 11) is -3.87. The highest BCUT2D eigenvalue weighted by atomic mass is 35.5. The van der Waals surface area contributed by atoms with Crippen LogP contribution in [-0.2, 0) is 10.0 Å². The molecule has 6 nitrogen and oxygen atoms in total. The number of halogens is 1. The zero-order chi connectivity index (χ0) is 16.8. The molecule has 23 heavy (non-hydrogen) atoms. The number of H-pyrrole nitrogens is 2. The van der Waals surface area contributed by atoms with Crippen molar-refractivity contribution in [1.29, 1.82) is 0 Å². The molecule has 8 heteroatoms. The predicted octanol–water partition coefficient (Wildman–Crippen LogP) is 2.93. The maximum atomic E-state index is 12.6. The maximum absolute atomic E-state index is 12.6. The van der Waals surface area contributed by atoms with Crippen molar-refractivity contribution < 1.29 is 8.42 Å². The Morgan fingerprint density at radius 2 is 1.65 bits per heavy atom. The second kappa shape index (κ2) is 5.43. The van der Waals surface area contributed by atoms with Crippen molar-refractivity contribution in [3.8, 4) is 0 Å². The molecule has 0 amide bonds. The van der Waals surface area contributed by atoms with E-state index in [1.807, 2.05) is 19.9 Å². The van der Waals surface area contributed by atoms with E-state index in [-0.39, 0.29) is 9.92 Å². The number of imidazole rings is 1. The van der Waals surface area contributed by atoms with E-state index in [0.717, 1.165) is 11.1 Å². The summed E-state index contributed by atoms with van der Waals surface area (Å²) in [6, 6.07) is 8.01. The molecule has 0 spiro atoms. The fourth-order valence-corrected chi connectivity index (χ4v) is 3.86. The molecule has 3 aromatic rings. The molecule has 0 radical (unpaired) electrons. The predicted molar refractivity (Wildman–Crippen MR) is 90.7 cm³/mol. The van der Waals surface area contributed by atoms with Gasteiger partial charge in [0, 0.05) is 5.69 Å². The normalized spacial score (nSPS) is 11.8. The molecule has 3 rings (SSSR count). The Morgan fingerprint density at radius 3 is 2.30 bits per heavy atom. The van der Waals surface area contributed by atoms with Crippen LogP contribution in [0.4, 0.5) is 5.69 Å². The van der Waals surface area contributed by atoms with Gasteiger partial charge in [-0.1, -0.05) is 17.7 Å². The van der Waals surface area contributed by atoms with Crippen molar-refractivity contribution in [3.63, 3.8) is 0 Å². The summed E-state index contributed by atoms with van der Waals surface area (Å²) in [5, 5.41) is 0.0316. The van der Waals surface area contributed by atoms with Gasteiger partial charge in [0.25, 0.3) is 10.0 Å². The average Bonchev–Trinajstić information content (AvgIpc) is 2.80. The summed E-state index contributed by atoms with van der Waals surface area (Å²) >= 11 is 6.06. The summed E-state index contributed by atoms with van der Waals surface area (Å²) in [6.07, 6.45) is 0. The number of aryl methyl sites for hydroxylation is 2. The summed E-state index contributed by atoms with van der Waals surface area (Å²) in [5.41, 5.74) is 2.89. The monoisotopic (exact) mass is 351 g/mol. The quantitative estimate of drug-likeness (QED) is 0.677. The molecule has 0 aliphatic rings. The van der Waals surface area contributed by atoms with Gasteiger partial charge in [0.2, 0.25) is 0 Å². The van der Waals surface area contributed by atoms with Crippen molar-refractivity contribution in [2.45, 2.75) is 18.7 Å². The Kier molecular flexibility index (Phi) is 3.69. The van der Waals surface area contributed by atoms with Crippen LogP contribution in [0.15, 0.2) is 40.0 Å².